The fraction of sp³-hybridized carbons (Fsp3) is 0.360. The fourth-order valence-corrected chi connectivity index (χ4v) is 4.29. The summed E-state index contributed by atoms with van der Waals surface area (Å²) in [6.07, 6.45) is 4.13. The molecule has 1 aliphatic rings. The highest BCUT2D eigenvalue weighted by Crippen LogP contribution is 2.26. The number of aliphatic hydroxyl groups is 1. The molecule has 0 saturated carbocycles. The predicted molar refractivity (Wildman–Crippen MR) is 127 cm³/mol. The number of nitrogens with zero attached hydrogens (tertiary/aromatic N) is 3. The van der Waals surface area contributed by atoms with Crippen LogP contribution in [-0.4, -0.2) is 62.7 Å². The first-order valence-electron chi connectivity index (χ1n) is 11.5. The minimum atomic E-state index is -0.816. The van der Waals surface area contributed by atoms with Gasteiger partial charge in [-0.1, -0.05) is 12.1 Å². The SMILES string of the molecule is O=C(NCCO)c1c(O)c2ncc(Cc3ccc(F)cc3)cc2n(CCN2CCCCC2=O)c1=O. The van der Waals surface area contributed by atoms with E-state index in [-0.39, 0.29) is 43.5 Å². The first-order valence-corrected chi connectivity index (χ1v) is 11.5. The Morgan fingerprint density at radius 3 is 2.60 bits per heavy atom. The van der Waals surface area contributed by atoms with Gasteiger partial charge in [0.1, 0.15) is 16.9 Å². The van der Waals surface area contributed by atoms with Gasteiger partial charge in [0.15, 0.2) is 5.75 Å². The van der Waals surface area contributed by atoms with Crippen molar-refractivity contribution in [3.63, 3.8) is 0 Å². The number of fused-ring (bicyclic) bond motifs is 1. The van der Waals surface area contributed by atoms with Gasteiger partial charge in [0.25, 0.3) is 11.5 Å². The molecule has 10 heteroatoms. The molecule has 0 bridgehead atoms. The topological polar surface area (TPSA) is 125 Å². The molecule has 1 saturated heterocycles. The van der Waals surface area contributed by atoms with Crippen LogP contribution in [0.2, 0.25) is 0 Å². The molecule has 4 rings (SSSR count). The van der Waals surface area contributed by atoms with E-state index < -0.39 is 22.8 Å². The van der Waals surface area contributed by atoms with E-state index >= 15 is 0 Å². The highest BCUT2D eigenvalue weighted by Gasteiger charge is 2.24. The normalized spacial score (nSPS) is 13.9. The van der Waals surface area contributed by atoms with E-state index in [1.165, 1.54) is 22.9 Å². The molecular formula is C25H27FN4O5. The number of aliphatic hydroxyl groups excluding tert-OH is 1. The smallest absolute Gasteiger partial charge is 0.267 e. The van der Waals surface area contributed by atoms with E-state index in [9.17, 15) is 23.9 Å². The molecule has 1 aliphatic heterocycles. The second-order valence-corrected chi connectivity index (χ2v) is 8.51. The van der Waals surface area contributed by atoms with Crippen molar-refractivity contribution in [2.45, 2.75) is 32.2 Å². The number of carbonyl (C=O) groups is 2. The quantitative estimate of drug-likeness (QED) is 0.448. The number of piperidine rings is 1. The lowest BCUT2D eigenvalue weighted by atomic mass is 10.1. The first-order chi connectivity index (χ1) is 16.9. The summed E-state index contributed by atoms with van der Waals surface area (Å²) in [4.78, 5) is 44.3. The van der Waals surface area contributed by atoms with Crippen LogP contribution in [0.5, 0.6) is 5.75 Å². The first kappa shape index (κ1) is 24.3. The number of likely N-dealkylation sites (tertiary alicyclic amines) is 1. The van der Waals surface area contributed by atoms with E-state index in [0.29, 0.717) is 24.9 Å². The van der Waals surface area contributed by atoms with Crippen LogP contribution in [0.3, 0.4) is 0 Å². The summed E-state index contributed by atoms with van der Waals surface area (Å²) in [5.41, 5.74) is 0.792. The van der Waals surface area contributed by atoms with Crippen LogP contribution < -0.4 is 10.9 Å². The molecule has 0 unspecified atom stereocenters. The Kier molecular flexibility index (Phi) is 7.40. The van der Waals surface area contributed by atoms with Crippen molar-refractivity contribution in [3.8, 4) is 5.75 Å². The maximum Gasteiger partial charge on any atom is 0.267 e. The summed E-state index contributed by atoms with van der Waals surface area (Å²) < 4.78 is 14.6. The standard InChI is InChI=1S/C25H27FN4O5/c26-18-6-4-16(5-7-18)13-17-14-19-22(28-15-17)23(33)21(24(34)27-8-12-31)25(35)30(19)11-10-29-9-2-1-3-20(29)32/h4-7,14-15,31,33H,1-3,8-13H2,(H,27,34). The fourth-order valence-electron chi connectivity index (χ4n) is 4.29. The van der Waals surface area contributed by atoms with Gasteiger partial charge >= 0.3 is 0 Å². The zero-order valence-electron chi connectivity index (χ0n) is 19.2. The number of aromatic nitrogens is 2. The Hall–Kier alpha value is -3.79. The highest BCUT2D eigenvalue weighted by atomic mass is 19.1. The molecule has 2 aromatic heterocycles. The molecular weight excluding hydrogens is 455 g/mol. The molecule has 3 aromatic rings. The summed E-state index contributed by atoms with van der Waals surface area (Å²) in [5.74, 6) is -1.69. The van der Waals surface area contributed by atoms with Crippen LogP contribution >= 0.6 is 0 Å². The molecule has 0 aliphatic carbocycles. The molecule has 0 radical (unpaired) electrons. The average molecular weight is 483 g/mol. The van der Waals surface area contributed by atoms with E-state index in [2.05, 4.69) is 10.3 Å². The highest BCUT2D eigenvalue weighted by molar-refractivity contribution is 6.01. The summed E-state index contributed by atoms with van der Waals surface area (Å²) in [7, 11) is 0. The lowest BCUT2D eigenvalue weighted by Gasteiger charge is -2.27. The van der Waals surface area contributed by atoms with Crippen LogP contribution in [0.1, 0.15) is 40.7 Å². The van der Waals surface area contributed by atoms with E-state index in [0.717, 1.165) is 24.0 Å². The van der Waals surface area contributed by atoms with Crippen molar-refractivity contribution in [1.29, 1.82) is 0 Å². The maximum atomic E-state index is 13.4. The van der Waals surface area contributed by atoms with Gasteiger partial charge in [0, 0.05) is 38.8 Å². The number of hydrogen-bond acceptors (Lipinski definition) is 6. The third-order valence-electron chi connectivity index (χ3n) is 6.10. The molecule has 35 heavy (non-hydrogen) atoms. The number of benzene rings is 1. The van der Waals surface area contributed by atoms with Gasteiger partial charge in [-0.2, -0.15) is 0 Å². The van der Waals surface area contributed by atoms with E-state index in [4.69, 9.17) is 5.11 Å². The van der Waals surface area contributed by atoms with Gasteiger partial charge in [-0.3, -0.25) is 19.4 Å². The monoisotopic (exact) mass is 482 g/mol. The summed E-state index contributed by atoms with van der Waals surface area (Å²) >= 11 is 0. The van der Waals surface area contributed by atoms with Crippen molar-refractivity contribution in [2.24, 2.45) is 0 Å². The van der Waals surface area contributed by atoms with Crippen LogP contribution in [0, 0.1) is 5.82 Å². The van der Waals surface area contributed by atoms with E-state index in [1.807, 2.05) is 0 Å². The maximum absolute atomic E-state index is 13.4. The van der Waals surface area contributed by atoms with Gasteiger partial charge in [0.2, 0.25) is 5.91 Å². The second kappa shape index (κ2) is 10.6. The van der Waals surface area contributed by atoms with Crippen molar-refractivity contribution in [3.05, 3.63) is 69.4 Å². The number of hydrogen-bond donors (Lipinski definition) is 3. The lowest BCUT2D eigenvalue weighted by molar-refractivity contribution is -0.133. The van der Waals surface area contributed by atoms with Gasteiger partial charge in [-0.25, -0.2) is 4.39 Å². The minimum Gasteiger partial charge on any atom is -0.505 e. The van der Waals surface area contributed by atoms with E-state index in [1.54, 1.807) is 23.1 Å². The number of pyridine rings is 2. The number of aromatic hydroxyl groups is 1. The molecule has 3 N–H and O–H groups in total. The molecule has 184 valence electrons. The Morgan fingerprint density at radius 2 is 1.89 bits per heavy atom. The average Bonchev–Trinajstić information content (AvgIpc) is 2.85. The van der Waals surface area contributed by atoms with Gasteiger partial charge < -0.3 is 25.0 Å². The van der Waals surface area contributed by atoms with Crippen LogP contribution in [-0.2, 0) is 17.8 Å². The molecule has 3 heterocycles. The second-order valence-electron chi connectivity index (χ2n) is 8.51. The summed E-state index contributed by atoms with van der Waals surface area (Å²) in [5, 5.41) is 22.2. The third-order valence-corrected chi connectivity index (χ3v) is 6.10. The van der Waals surface area contributed by atoms with Crippen LogP contribution in [0.25, 0.3) is 11.0 Å². The van der Waals surface area contributed by atoms with Crippen molar-refractivity contribution in [2.75, 3.05) is 26.2 Å². The predicted octanol–water partition coefficient (Wildman–Crippen LogP) is 1.57. The molecule has 0 atom stereocenters. The molecule has 0 spiro atoms. The summed E-state index contributed by atoms with van der Waals surface area (Å²) in [6, 6.07) is 7.73. The largest absolute Gasteiger partial charge is 0.505 e. The van der Waals surface area contributed by atoms with Crippen molar-refractivity contribution < 1.29 is 24.2 Å². The molecule has 9 nitrogen and oxygen atoms in total. The van der Waals surface area contributed by atoms with Gasteiger partial charge in [0.05, 0.1) is 12.1 Å². The van der Waals surface area contributed by atoms with Crippen molar-refractivity contribution >= 4 is 22.8 Å². The number of halogens is 1. The molecule has 1 fully saturated rings. The number of rotatable bonds is 8. The van der Waals surface area contributed by atoms with Crippen molar-refractivity contribution in [1.82, 2.24) is 19.8 Å². The summed E-state index contributed by atoms with van der Waals surface area (Å²) in [6.45, 7) is 0.585. The molecule has 2 amide bonds. The lowest BCUT2D eigenvalue weighted by Crippen LogP contribution is -2.40. The Balaban J connectivity index is 1.76. The minimum absolute atomic E-state index is 0.0171. The Morgan fingerprint density at radius 1 is 1.11 bits per heavy atom. The number of carbonyl (C=O) groups excluding carboxylic acids is 2. The zero-order valence-corrected chi connectivity index (χ0v) is 19.2. The van der Waals surface area contributed by atoms with Crippen LogP contribution in [0.15, 0.2) is 41.3 Å². The number of nitrogens with one attached hydrogen (secondary N) is 1. The van der Waals surface area contributed by atoms with Crippen LogP contribution in [0.4, 0.5) is 4.39 Å². The third kappa shape index (κ3) is 5.32. The molecule has 1 aromatic carbocycles. The van der Waals surface area contributed by atoms with Gasteiger partial charge in [-0.15, -0.1) is 0 Å². The zero-order chi connectivity index (χ0) is 24.9. The number of amides is 2. The Bertz CT molecular complexity index is 1310. The Labute approximate surface area is 200 Å². The van der Waals surface area contributed by atoms with Gasteiger partial charge in [-0.05, 0) is 48.6 Å².